The third-order valence-electron chi connectivity index (χ3n) is 2.72. The standard InChI is InChI=1S/C11H10F3NO2/c12-11(13,14)8-2-1-5-15-9(8)17-7-10(6-16)3-4-10/h1-2,5-6H,3-4,7H2. The van der Waals surface area contributed by atoms with Crippen molar-refractivity contribution in [3.8, 4) is 5.88 Å². The van der Waals surface area contributed by atoms with E-state index < -0.39 is 23.0 Å². The Hall–Kier alpha value is -1.59. The van der Waals surface area contributed by atoms with Crippen LogP contribution in [0.25, 0.3) is 0 Å². The van der Waals surface area contributed by atoms with Crippen molar-refractivity contribution in [2.45, 2.75) is 19.0 Å². The van der Waals surface area contributed by atoms with Crippen LogP contribution >= 0.6 is 0 Å². The zero-order chi connectivity index (χ0) is 12.5. The molecule has 0 bridgehead atoms. The number of alkyl halides is 3. The zero-order valence-electron chi connectivity index (χ0n) is 8.83. The molecule has 0 saturated heterocycles. The normalized spacial score (nSPS) is 17.6. The van der Waals surface area contributed by atoms with Gasteiger partial charge in [-0.25, -0.2) is 4.98 Å². The molecule has 0 unspecified atom stereocenters. The third kappa shape index (κ3) is 2.57. The molecule has 1 saturated carbocycles. The molecule has 6 heteroatoms. The maximum absolute atomic E-state index is 12.6. The second-order valence-electron chi connectivity index (χ2n) is 4.12. The molecule has 1 heterocycles. The Labute approximate surface area is 95.6 Å². The summed E-state index contributed by atoms with van der Waals surface area (Å²) in [6, 6.07) is 2.10. The summed E-state index contributed by atoms with van der Waals surface area (Å²) < 4.78 is 42.7. The Morgan fingerprint density at radius 1 is 1.47 bits per heavy atom. The summed E-state index contributed by atoms with van der Waals surface area (Å²) in [7, 11) is 0. The summed E-state index contributed by atoms with van der Waals surface area (Å²) in [4.78, 5) is 14.2. The van der Waals surface area contributed by atoms with Gasteiger partial charge in [0, 0.05) is 6.20 Å². The molecule has 3 nitrogen and oxygen atoms in total. The van der Waals surface area contributed by atoms with E-state index in [0.717, 1.165) is 12.4 Å². The van der Waals surface area contributed by atoms with Gasteiger partial charge in [-0.3, -0.25) is 0 Å². The number of ether oxygens (including phenoxy) is 1. The first-order valence-corrected chi connectivity index (χ1v) is 5.08. The maximum atomic E-state index is 12.6. The van der Waals surface area contributed by atoms with Crippen molar-refractivity contribution in [2.24, 2.45) is 5.41 Å². The second kappa shape index (κ2) is 4.01. The molecule has 2 rings (SSSR count). The molecule has 0 N–H and O–H groups in total. The van der Waals surface area contributed by atoms with Crippen LogP contribution in [-0.2, 0) is 11.0 Å². The Morgan fingerprint density at radius 2 is 2.18 bits per heavy atom. The molecule has 0 atom stereocenters. The van der Waals surface area contributed by atoms with Crippen LogP contribution in [0.3, 0.4) is 0 Å². The first-order chi connectivity index (χ1) is 7.97. The predicted octanol–water partition coefficient (Wildman–Crippen LogP) is 2.46. The van der Waals surface area contributed by atoms with E-state index >= 15 is 0 Å². The lowest BCUT2D eigenvalue weighted by Gasteiger charge is -2.14. The van der Waals surface area contributed by atoms with Gasteiger partial charge in [-0.15, -0.1) is 0 Å². The first kappa shape index (κ1) is 11.9. The molecule has 1 aliphatic rings. The van der Waals surface area contributed by atoms with Gasteiger partial charge in [0.05, 0.1) is 5.41 Å². The number of nitrogens with zero attached hydrogens (tertiary/aromatic N) is 1. The molecular formula is C11H10F3NO2. The molecule has 0 radical (unpaired) electrons. The van der Waals surface area contributed by atoms with Crippen molar-refractivity contribution in [1.82, 2.24) is 4.98 Å². The van der Waals surface area contributed by atoms with Gasteiger partial charge >= 0.3 is 6.18 Å². The number of hydrogen-bond donors (Lipinski definition) is 0. The van der Waals surface area contributed by atoms with Gasteiger partial charge in [0.25, 0.3) is 0 Å². The molecule has 0 amide bonds. The number of halogens is 3. The van der Waals surface area contributed by atoms with Crippen LogP contribution in [0.4, 0.5) is 13.2 Å². The fourth-order valence-corrected chi connectivity index (χ4v) is 1.39. The van der Waals surface area contributed by atoms with Crippen LogP contribution in [0.1, 0.15) is 18.4 Å². The van der Waals surface area contributed by atoms with Gasteiger partial charge in [-0.05, 0) is 25.0 Å². The number of aldehydes is 1. The fourth-order valence-electron chi connectivity index (χ4n) is 1.39. The SMILES string of the molecule is O=CC1(COc2ncccc2C(F)(F)F)CC1. The minimum Gasteiger partial charge on any atom is -0.476 e. The largest absolute Gasteiger partial charge is 0.476 e. The molecular weight excluding hydrogens is 235 g/mol. The van der Waals surface area contributed by atoms with E-state index in [2.05, 4.69) is 4.98 Å². The van der Waals surface area contributed by atoms with Crippen LogP contribution in [0, 0.1) is 5.41 Å². The summed E-state index contributed by atoms with van der Waals surface area (Å²) in [6.07, 6.45) is -1.22. The Morgan fingerprint density at radius 3 is 2.71 bits per heavy atom. The Kier molecular flexibility index (Phi) is 2.81. The maximum Gasteiger partial charge on any atom is 0.421 e. The summed E-state index contributed by atoms with van der Waals surface area (Å²) in [6.45, 7) is -0.0450. The van der Waals surface area contributed by atoms with Crippen molar-refractivity contribution in [1.29, 1.82) is 0 Å². The van der Waals surface area contributed by atoms with Crippen molar-refractivity contribution in [3.05, 3.63) is 23.9 Å². The number of rotatable bonds is 4. The van der Waals surface area contributed by atoms with E-state index in [1.54, 1.807) is 0 Å². The molecule has 92 valence electrons. The predicted molar refractivity (Wildman–Crippen MR) is 52.5 cm³/mol. The molecule has 1 aromatic heterocycles. The molecule has 0 spiro atoms. The summed E-state index contributed by atoms with van der Waals surface area (Å²) in [5, 5.41) is 0. The van der Waals surface area contributed by atoms with Crippen LogP contribution in [0.15, 0.2) is 18.3 Å². The highest BCUT2D eigenvalue weighted by Crippen LogP contribution is 2.44. The highest BCUT2D eigenvalue weighted by Gasteiger charge is 2.44. The van der Waals surface area contributed by atoms with E-state index in [0.29, 0.717) is 12.8 Å². The smallest absolute Gasteiger partial charge is 0.421 e. The highest BCUT2D eigenvalue weighted by atomic mass is 19.4. The third-order valence-corrected chi connectivity index (χ3v) is 2.72. The van der Waals surface area contributed by atoms with E-state index in [1.807, 2.05) is 0 Å². The first-order valence-electron chi connectivity index (χ1n) is 5.08. The number of carbonyl (C=O) groups is 1. The number of pyridine rings is 1. The molecule has 1 fully saturated rings. The van der Waals surface area contributed by atoms with Crippen LogP contribution in [0.5, 0.6) is 5.88 Å². The number of aromatic nitrogens is 1. The number of carbonyl (C=O) groups excluding carboxylic acids is 1. The number of hydrogen-bond acceptors (Lipinski definition) is 3. The van der Waals surface area contributed by atoms with Crippen molar-refractivity contribution in [3.63, 3.8) is 0 Å². The summed E-state index contributed by atoms with van der Waals surface area (Å²) >= 11 is 0. The molecule has 0 aromatic carbocycles. The lowest BCUT2D eigenvalue weighted by molar-refractivity contribution is -0.139. The van der Waals surface area contributed by atoms with Crippen molar-refractivity contribution >= 4 is 6.29 Å². The topological polar surface area (TPSA) is 39.2 Å². The minimum atomic E-state index is -4.50. The fraction of sp³-hybridized carbons (Fsp3) is 0.455. The summed E-state index contributed by atoms with van der Waals surface area (Å²) in [5.74, 6) is -0.465. The lowest BCUT2D eigenvalue weighted by atomic mass is 10.1. The zero-order valence-corrected chi connectivity index (χ0v) is 8.83. The van der Waals surface area contributed by atoms with E-state index in [1.165, 1.54) is 12.3 Å². The Bertz CT molecular complexity index is 427. The quantitative estimate of drug-likeness (QED) is 0.765. The average molecular weight is 245 g/mol. The summed E-state index contributed by atoms with van der Waals surface area (Å²) in [5.41, 5.74) is -1.51. The lowest BCUT2D eigenvalue weighted by Crippen LogP contribution is -2.17. The van der Waals surface area contributed by atoms with Crippen LogP contribution < -0.4 is 4.74 Å². The van der Waals surface area contributed by atoms with E-state index in [4.69, 9.17) is 4.74 Å². The Balaban J connectivity index is 2.13. The molecule has 1 aromatic rings. The van der Waals surface area contributed by atoms with Gasteiger partial charge in [0.2, 0.25) is 5.88 Å². The van der Waals surface area contributed by atoms with Gasteiger partial charge in [-0.1, -0.05) is 0 Å². The highest BCUT2D eigenvalue weighted by molar-refractivity contribution is 5.63. The monoisotopic (exact) mass is 245 g/mol. The van der Waals surface area contributed by atoms with Gasteiger partial charge in [0.15, 0.2) is 0 Å². The van der Waals surface area contributed by atoms with Crippen LogP contribution in [0.2, 0.25) is 0 Å². The van der Waals surface area contributed by atoms with Gasteiger partial charge in [0.1, 0.15) is 18.5 Å². The van der Waals surface area contributed by atoms with E-state index in [9.17, 15) is 18.0 Å². The van der Waals surface area contributed by atoms with Crippen molar-refractivity contribution < 1.29 is 22.7 Å². The average Bonchev–Trinajstić information content (AvgIpc) is 3.06. The van der Waals surface area contributed by atoms with E-state index in [-0.39, 0.29) is 6.61 Å². The molecule has 0 aliphatic heterocycles. The van der Waals surface area contributed by atoms with Gasteiger partial charge in [-0.2, -0.15) is 13.2 Å². The van der Waals surface area contributed by atoms with Gasteiger partial charge < -0.3 is 9.53 Å². The second-order valence-corrected chi connectivity index (χ2v) is 4.12. The minimum absolute atomic E-state index is 0.0450. The molecule has 1 aliphatic carbocycles. The molecule has 17 heavy (non-hydrogen) atoms. The van der Waals surface area contributed by atoms with Crippen LogP contribution in [-0.4, -0.2) is 17.9 Å². The van der Waals surface area contributed by atoms with Crippen molar-refractivity contribution in [2.75, 3.05) is 6.61 Å².